The lowest BCUT2D eigenvalue weighted by Gasteiger charge is -2.18. The van der Waals surface area contributed by atoms with Gasteiger partial charge in [-0.1, -0.05) is 0 Å². The van der Waals surface area contributed by atoms with E-state index in [0.29, 0.717) is 0 Å². The minimum Gasteiger partial charge on any atom is -0.358 e. The van der Waals surface area contributed by atoms with Crippen LogP contribution in [-0.2, 0) is 0 Å². The Morgan fingerprint density at radius 1 is 1.62 bits per heavy atom. The zero-order valence-electron chi connectivity index (χ0n) is 7.57. The molecule has 0 amide bonds. The summed E-state index contributed by atoms with van der Waals surface area (Å²) >= 11 is 2.28. The maximum absolute atomic E-state index is 4.27. The number of halogens is 1. The van der Waals surface area contributed by atoms with Crippen molar-refractivity contribution in [2.45, 2.75) is 12.8 Å². The summed E-state index contributed by atoms with van der Waals surface area (Å²) in [5.74, 6) is 1.96. The average molecular weight is 289 g/mol. The number of nitrogens with zero attached hydrogens (tertiary/aromatic N) is 3. The number of rotatable bonds is 3. The molecule has 4 heteroatoms. The van der Waals surface area contributed by atoms with Gasteiger partial charge in [0.2, 0.25) is 0 Å². The first-order valence-corrected chi connectivity index (χ1v) is 5.52. The number of hydrogen-bond acceptors (Lipinski definition) is 3. The average Bonchev–Trinajstić information content (AvgIpc) is 2.89. The summed E-state index contributed by atoms with van der Waals surface area (Å²) in [6.45, 7) is 1.13. The monoisotopic (exact) mass is 289 g/mol. The molecule has 1 aliphatic rings. The minimum absolute atomic E-state index is 0.899. The molecular weight excluding hydrogens is 277 g/mol. The third-order valence-electron chi connectivity index (χ3n) is 2.24. The minimum atomic E-state index is 0.899. The fraction of sp³-hybridized carbons (Fsp3) is 0.556. The smallest absolute Gasteiger partial charge is 0.145 e. The van der Waals surface area contributed by atoms with Crippen molar-refractivity contribution >= 4 is 28.4 Å². The summed E-state index contributed by atoms with van der Waals surface area (Å²) in [6.07, 6.45) is 6.23. The van der Waals surface area contributed by atoms with E-state index < -0.39 is 0 Å². The third-order valence-corrected chi connectivity index (χ3v) is 3.00. The molecule has 0 aliphatic heterocycles. The maximum Gasteiger partial charge on any atom is 0.145 e. The number of aromatic nitrogens is 2. The van der Waals surface area contributed by atoms with Gasteiger partial charge < -0.3 is 4.90 Å². The zero-order valence-corrected chi connectivity index (χ0v) is 9.73. The second kappa shape index (κ2) is 3.77. The molecule has 13 heavy (non-hydrogen) atoms. The quantitative estimate of drug-likeness (QED) is 0.796. The fourth-order valence-corrected chi connectivity index (χ4v) is 2.07. The molecule has 0 spiro atoms. The molecule has 0 atom stereocenters. The van der Waals surface area contributed by atoms with Crippen molar-refractivity contribution in [1.82, 2.24) is 9.97 Å². The second-order valence-electron chi connectivity index (χ2n) is 3.52. The van der Waals surface area contributed by atoms with E-state index in [2.05, 4.69) is 44.5 Å². The van der Waals surface area contributed by atoms with Gasteiger partial charge in [-0.15, -0.1) is 0 Å². The van der Waals surface area contributed by atoms with Crippen LogP contribution in [0.4, 0.5) is 5.82 Å². The maximum atomic E-state index is 4.27. The molecule has 0 saturated heterocycles. The lowest BCUT2D eigenvalue weighted by Crippen LogP contribution is -2.22. The summed E-state index contributed by atoms with van der Waals surface area (Å²) < 4.78 is 1.13. The molecule has 0 radical (unpaired) electrons. The Hall–Kier alpha value is -0.390. The molecule has 0 N–H and O–H groups in total. The molecule has 1 aliphatic carbocycles. The van der Waals surface area contributed by atoms with Gasteiger partial charge in [0.25, 0.3) is 0 Å². The number of hydrogen-bond donors (Lipinski definition) is 0. The van der Waals surface area contributed by atoms with Crippen LogP contribution < -0.4 is 4.90 Å². The van der Waals surface area contributed by atoms with E-state index in [9.17, 15) is 0 Å². The highest BCUT2D eigenvalue weighted by molar-refractivity contribution is 14.1. The van der Waals surface area contributed by atoms with Gasteiger partial charge in [-0.3, -0.25) is 0 Å². The highest BCUT2D eigenvalue weighted by Crippen LogP contribution is 2.31. The van der Waals surface area contributed by atoms with E-state index in [0.717, 1.165) is 21.9 Å². The van der Waals surface area contributed by atoms with Crippen LogP contribution >= 0.6 is 22.6 Å². The van der Waals surface area contributed by atoms with Gasteiger partial charge in [-0.05, 0) is 41.4 Å². The summed E-state index contributed by atoms with van der Waals surface area (Å²) in [4.78, 5) is 10.5. The molecule has 1 aromatic heterocycles. The first-order valence-electron chi connectivity index (χ1n) is 4.44. The SMILES string of the molecule is CN(CC1CC1)c1ncncc1I. The second-order valence-corrected chi connectivity index (χ2v) is 4.68. The van der Waals surface area contributed by atoms with Crippen molar-refractivity contribution in [2.75, 3.05) is 18.5 Å². The Labute approximate surface area is 91.7 Å². The molecule has 0 unspecified atom stereocenters. The van der Waals surface area contributed by atoms with Crippen LogP contribution in [0.3, 0.4) is 0 Å². The molecule has 1 aromatic rings. The first-order chi connectivity index (χ1) is 6.27. The van der Waals surface area contributed by atoms with Crippen molar-refractivity contribution in [3.63, 3.8) is 0 Å². The van der Waals surface area contributed by atoms with Gasteiger partial charge in [0.05, 0.1) is 3.57 Å². The first kappa shape index (κ1) is 9.18. The lowest BCUT2D eigenvalue weighted by atomic mass is 10.4. The summed E-state index contributed by atoms with van der Waals surface area (Å²) in [7, 11) is 2.10. The molecule has 1 fully saturated rings. The van der Waals surface area contributed by atoms with Crippen LogP contribution in [0.15, 0.2) is 12.5 Å². The van der Waals surface area contributed by atoms with Crippen molar-refractivity contribution < 1.29 is 0 Å². The van der Waals surface area contributed by atoms with E-state index >= 15 is 0 Å². The molecule has 3 nitrogen and oxygen atoms in total. The van der Waals surface area contributed by atoms with Gasteiger partial charge in [0.1, 0.15) is 12.1 Å². The molecular formula is C9H12IN3. The fourth-order valence-electron chi connectivity index (χ4n) is 1.36. The molecule has 1 heterocycles. The van der Waals surface area contributed by atoms with Gasteiger partial charge in [0, 0.05) is 19.8 Å². The van der Waals surface area contributed by atoms with Crippen LogP contribution in [-0.4, -0.2) is 23.6 Å². The highest BCUT2D eigenvalue weighted by atomic mass is 127. The van der Waals surface area contributed by atoms with Crippen LogP contribution in [0.1, 0.15) is 12.8 Å². The largest absolute Gasteiger partial charge is 0.358 e. The Balaban J connectivity index is 2.09. The van der Waals surface area contributed by atoms with E-state index in [-0.39, 0.29) is 0 Å². The van der Waals surface area contributed by atoms with Crippen molar-refractivity contribution in [3.8, 4) is 0 Å². The van der Waals surface area contributed by atoms with Crippen LogP contribution in [0.5, 0.6) is 0 Å². The van der Waals surface area contributed by atoms with Gasteiger partial charge in [0.15, 0.2) is 0 Å². The Morgan fingerprint density at radius 2 is 2.38 bits per heavy atom. The Bertz CT molecular complexity index is 299. The summed E-state index contributed by atoms with van der Waals surface area (Å²) in [5, 5.41) is 0. The van der Waals surface area contributed by atoms with Crippen molar-refractivity contribution in [1.29, 1.82) is 0 Å². The predicted molar refractivity (Wildman–Crippen MR) is 60.7 cm³/mol. The topological polar surface area (TPSA) is 29.0 Å². The van der Waals surface area contributed by atoms with Crippen LogP contribution in [0.2, 0.25) is 0 Å². The summed E-state index contributed by atoms with van der Waals surface area (Å²) in [5.41, 5.74) is 0. The number of anilines is 1. The Kier molecular flexibility index (Phi) is 2.66. The molecule has 0 aromatic carbocycles. The third kappa shape index (κ3) is 2.30. The zero-order chi connectivity index (χ0) is 9.26. The van der Waals surface area contributed by atoms with Crippen molar-refractivity contribution in [3.05, 3.63) is 16.1 Å². The molecule has 0 bridgehead atoms. The van der Waals surface area contributed by atoms with Crippen LogP contribution in [0, 0.1) is 9.49 Å². The van der Waals surface area contributed by atoms with Gasteiger partial charge in [-0.25, -0.2) is 9.97 Å². The standard InChI is InChI=1S/C9H12IN3/c1-13(5-7-2-3-7)9-8(10)4-11-6-12-9/h4,6-7H,2-3,5H2,1H3. The molecule has 2 rings (SSSR count). The van der Waals surface area contributed by atoms with E-state index in [1.165, 1.54) is 12.8 Å². The normalized spacial score (nSPS) is 15.8. The lowest BCUT2D eigenvalue weighted by molar-refractivity contribution is 0.773. The summed E-state index contributed by atoms with van der Waals surface area (Å²) in [6, 6.07) is 0. The van der Waals surface area contributed by atoms with E-state index in [4.69, 9.17) is 0 Å². The highest BCUT2D eigenvalue weighted by Gasteiger charge is 2.23. The van der Waals surface area contributed by atoms with E-state index in [1.54, 1.807) is 6.33 Å². The van der Waals surface area contributed by atoms with Gasteiger partial charge >= 0.3 is 0 Å². The van der Waals surface area contributed by atoms with E-state index in [1.807, 2.05) is 6.20 Å². The van der Waals surface area contributed by atoms with Crippen molar-refractivity contribution in [2.24, 2.45) is 5.92 Å². The van der Waals surface area contributed by atoms with Gasteiger partial charge in [-0.2, -0.15) is 0 Å². The molecule has 1 saturated carbocycles. The van der Waals surface area contributed by atoms with Crippen LogP contribution in [0.25, 0.3) is 0 Å². The molecule has 70 valence electrons. The predicted octanol–water partition coefficient (Wildman–Crippen LogP) is 1.93. The Morgan fingerprint density at radius 3 is 3.00 bits per heavy atom.